The summed E-state index contributed by atoms with van der Waals surface area (Å²) >= 11 is 0. The second-order valence-corrected chi connectivity index (χ2v) is 8.41. The third-order valence-electron chi connectivity index (χ3n) is 4.48. The van der Waals surface area contributed by atoms with E-state index in [1.165, 1.54) is 28.6 Å². The molecule has 3 rings (SSSR count). The van der Waals surface area contributed by atoms with E-state index in [0.717, 1.165) is 24.0 Å². The molecule has 0 radical (unpaired) electrons. The minimum absolute atomic E-state index is 0.0279. The van der Waals surface area contributed by atoms with Gasteiger partial charge in [0.25, 0.3) is 0 Å². The second kappa shape index (κ2) is 7.90. The Bertz CT molecular complexity index is 850. The van der Waals surface area contributed by atoms with Gasteiger partial charge in [-0.15, -0.1) is 0 Å². The van der Waals surface area contributed by atoms with Crippen molar-refractivity contribution in [3.05, 3.63) is 59.7 Å². The molecule has 0 aromatic heterocycles. The molecule has 0 bridgehead atoms. The van der Waals surface area contributed by atoms with Crippen LogP contribution in [0.25, 0.3) is 0 Å². The molecule has 0 saturated heterocycles. The number of aliphatic hydroxyl groups excluding tert-OH is 1. The van der Waals surface area contributed by atoms with E-state index in [-0.39, 0.29) is 29.6 Å². The van der Waals surface area contributed by atoms with E-state index in [9.17, 15) is 18.5 Å². The summed E-state index contributed by atoms with van der Waals surface area (Å²) in [4.78, 5) is 0.0619. The SMILES string of the molecule is O=S(=O)(c1cccc(B(O)O)c1)N(Cc1ccc(CCO)cc1)C1CC1. The van der Waals surface area contributed by atoms with Gasteiger partial charge in [0.2, 0.25) is 10.0 Å². The van der Waals surface area contributed by atoms with Gasteiger partial charge in [-0.05, 0) is 48.0 Å². The Morgan fingerprint density at radius 3 is 2.27 bits per heavy atom. The summed E-state index contributed by atoms with van der Waals surface area (Å²) < 4.78 is 27.7. The van der Waals surface area contributed by atoms with Gasteiger partial charge in [-0.1, -0.05) is 36.4 Å². The van der Waals surface area contributed by atoms with Crippen molar-refractivity contribution in [1.82, 2.24) is 4.31 Å². The Balaban J connectivity index is 1.86. The zero-order valence-corrected chi connectivity index (χ0v) is 15.1. The second-order valence-electron chi connectivity index (χ2n) is 6.52. The first-order chi connectivity index (χ1) is 12.4. The van der Waals surface area contributed by atoms with Gasteiger partial charge in [0.15, 0.2) is 0 Å². The van der Waals surface area contributed by atoms with Crippen molar-refractivity contribution in [3.63, 3.8) is 0 Å². The van der Waals surface area contributed by atoms with Crippen molar-refractivity contribution in [1.29, 1.82) is 0 Å². The van der Waals surface area contributed by atoms with Crippen LogP contribution in [0, 0.1) is 0 Å². The van der Waals surface area contributed by atoms with Gasteiger partial charge in [0.05, 0.1) is 4.90 Å². The molecular weight excluding hydrogens is 353 g/mol. The molecule has 8 heteroatoms. The Morgan fingerprint density at radius 1 is 1.04 bits per heavy atom. The molecule has 1 aliphatic rings. The highest BCUT2D eigenvalue weighted by molar-refractivity contribution is 7.89. The third-order valence-corrected chi connectivity index (χ3v) is 6.37. The number of hydrogen-bond donors (Lipinski definition) is 3. The van der Waals surface area contributed by atoms with E-state index >= 15 is 0 Å². The van der Waals surface area contributed by atoms with Gasteiger partial charge in [0.1, 0.15) is 0 Å². The van der Waals surface area contributed by atoms with Crippen LogP contribution in [0.15, 0.2) is 53.4 Å². The number of nitrogens with zero attached hydrogens (tertiary/aromatic N) is 1. The fraction of sp³-hybridized carbons (Fsp3) is 0.333. The fourth-order valence-corrected chi connectivity index (χ4v) is 4.59. The van der Waals surface area contributed by atoms with Gasteiger partial charge < -0.3 is 15.2 Å². The quantitative estimate of drug-likeness (QED) is 0.575. The molecule has 138 valence electrons. The highest BCUT2D eigenvalue weighted by Gasteiger charge is 2.38. The van der Waals surface area contributed by atoms with Crippen molar-refractivity contribution in [2.75, 3.05) is 6.61 Å². The van der Waals surface area contributed by atoms with Crippen LogP contribution < -0.4 is 5.46 Å². The summed E-state index contributed by atoms with van der Waals surface area (Å²) in [6, 6.07) is 13.3. The number of hydrogen-bond acceptors (Lipinski definition) is 5. The minimum Gasteiger partial charge on any atom is -0.423 e. The average Bonchev–Trinajstić information content (AvgIpc) is 3.46. The van der Waals surface area contributed by atoms with Crippen LogP contribution in [0.2, 0.25) is 0 Å². The van der Waals surface area contributed by atoms with Crippen molar-refractivity contribution >= 4 is 22.6 Å². The standard InChI is InChI=1S/C18H22BNO5S/c21-11-10-14-4-6-15(7-5-14)13-20(17-8-9-17)26(24,25)18-3-1-2-16(12-18)19(22)23/h1-7,12,17,21-23H,8-11,13H2. The Morgan fingerprint density at radius 2 is 1.69 bits per heavy atom. The van der Waals surface area contributed by atoms with E-state index < -0.39 is 17.1 Å². The summed E-state index contributed by atoms with van der Waals surface area (Å²) in [5.74, 6) is 0. The molecule has 0 amide bonds. The van der Waals surface area contributed by atoms with Crippen molar-refractivity contribution < 1.29 is 23.6 Å². The lowest BCUT2D eigenvalue weighted by Crippen LogP contribution is -2.35. The first-order valence-electron chi connectivity index (χ1n) is 8.58. The maximum absolute atomic E-state index is 13.1. The van der Waals surface area contributed by atoms with Crippen LogP contribution in [0.3, 0.4) is 0 Å². The minimum atomic E-state index is -3.74. The monoisotopic (exact) mass is 375 g/mol. The average molecular weight is 375 g/mol. The summed E-state index contributed by atoms with van der Waals surface area (Å²) in [6.45, 7) is 0.341. The molecule has 0 unspecified atom stereocenters. The number of benzene rings is 2. The number of rotatable bonds is 8. The van der Waals surface area contributed by atoms with Crippen LogP contribution in [-0.2, 0) is 23.0 Å². The molecule has 1 saturated carbocycles. The number of aliphatic hydroxyl groups is 1. The molecule has 3 N–H and O–H groups in total. The maximum atomic E-state index is 13.1. The molecular formula is C18H22BNO5S. The molecule has 1 fully saturated rings. The molecule has 2 aromatic carbocycles. The Labute approximate surface area is 153 Å². The van der Waals surface area contributed by atoms with Crippen LogP contribution in [0.5, 0.6) is 0 Å². The van der Waals surface area contributed by atoms with E-state index in [1.807, 2.05) is 24.3 Å². The third kappa shape index (κ3) is 4.33. The van der Waals surface area contributed by atoms with Gasteiger partial charge in [-0.25, -0.2) is 8.42 Å². The van der Waals surface area contributed by atoms with Crippen LogP contribution in [0.4, 0.5) is 0 Å². The smallest absolute Gasteiger partial charge is 0.423 e. The van der Waals surface area contributed by atoms with Crippen LogP contribution in [0.1, 0.15) is 24.0 Å². The van der Waals surface area contributed by atoms with Gasteiger partial charge in [-0.3, -0.25) is 0 Å². The normalized spacial score (nSPS) is 14.6. The van der Waals surface area contributed by atoms with E-state index in [2.05, 4.69) is 0 Å². The molecule has 0 spiro atoms. The van der Waals surface area contributed by atoms with Crippen molar-refractivity contribution in [3.8, 4) is 0 Å². The highest BCUT2D eigenvalue weighted by Crippen LogP contribution is 2.33. The Kier molecular flexibility index (Phi) is 5.79. The zero-order valence-electron chi connectivity index (χ0n) is 14.3. The van der Waals surface area contributed by atoms with E-state index in [1.54, 1.807) is 0 Å². The van der Waals surface area contributed by atoms with Gasteiger partial charge in [0, 0.05) is 19.2 Å². The lowest BCUT2D eigenvalue weighted by Gasteiger charge is -2.22. The summed E-state index contributed by atoms with van der Waals surface area (Å²) in [5.41, 5.74) is 2.03. The summed E-state index contributed by atoms with van der Waals surface area (Å²) in [6.07, 6.45) is 2.22. The van der Waals surface area contributed by atoms with Crippen molar-refractivity contribution in [2.24, 2.45) is 0 Å². The maximum Gasteiger partial charge on any atom is 0.488 e. The molecule has 1 aliphatic carbocycles. The topological polar surface area (TPSA) is 98.1 Å². The van der Waals surface area contributed by atoms with E-state index in [4.69, 9.17) is 5.11 Å². The predicted molar refractivity (Wildman–Crippen MR) is 99.3 cm³/mol. The lowest BCUT2D eigenvalue weighted by atomic mass is 9.80. The van der Waals surface area contributed by atoms with Crippen molar-refractivity contribution in [2.45, 2.75) is 36.7 Å². The molecule has 0 aliphatic heterocycles. The molecule has 0 heterocycles. The predicted octanol–water partition coefficient (Wildman–Crippen LogP) is 0.254. The Hall–Kier alpha value is -1.71. The van der Waals surface area contributed by atoms with Gasteiger partial charge in [-0.2, -0.15) is 4.31 Å². The first-order valence-corrected chi connectivity index (χ1v) is 10.0. The summed E-state index contributed by atoms with van der Waals surface area (Å²) in [7, 11) is -5.45. The molecule has 26 heavy (non-hydrogen) atoms. The molecule has 2 aromatic rings. The van der Waals surface area contributed by atoms with Crippen LogP contribution in [-0.4, -0.2) is 47.6 Å². The molecule has 6 nitrogen and oxygen atoms in total. The van der Waals surface area contributed by atoms with E-state index in [0.29, 0.717) is 6.42 Å². The highest BCUT2D eigenvalue weighted by atomic mass is 32.2. The zero-order chi connectivity index (χ0) is 18.7. The first kappa shape index (κ1) is 19.1. The fourth-order valence-electron chi connectivity index (χ4n) is 2.86. The largest absolute Gasteiger partial charge is 0.488 e. The van der Waals surface area contributed by atoms with Gasteiger partial charge >= 0.3 is 7.12 Å². The summed E-state index contributed by atoms with van der Waals surface area (Å²) in [5, 5.41) is 27.6. The van der Waals surface area contributed by atoms with Crippen LogP contribution >= 0.6 is 0 Å². The number of sulfonamides is 1. The molecule has 0 atom stereocenters. The lowest BCUT2D eigenvalue weighted by molar-refractivity contribution is 0.299.